The lowest BCUT2D eigenvalue weighted by atomic mass is 10.1. The highest BCUT2D eigenvalue weighted by Gasteiger charge is 2.32. The van der Waals surface area contributed by atoms with E-state index in [-0.39, 0.29) is 43.2 Å². The average Bonchev–Trinajstić information content (AvgIpc) is 2.88. The molecule has 3 aromatic carbocycles. The van der Waals surface area contributed by atoms with E-state index in [1.165, 1.54) is 35.2 Å². The van der Waals surface area contributed by atoms with E-state index < -0.39 is 36.7 Å². The Hall–Kier alpha value is -3.12. The average molecular weight is 532 g/mol. The SMILES string of the molecule is Cc1ccc(S(=O)(=O)NCc2ccccc2)cc1C(=O)N1CCN(S(=O)(=O)c2ccccc2F)CC1. The first-order chi connectivity index (χ1) is 17.1. The van der Waals surface area contributed by atoms with Gasteiger partial charge >= 0.3 is 0 Å². The first-order valence-corrected chi connectivity index (χ1v) is 14.2. The van der Waals surface area contributed by atoms with Crippen LogP contribution in [0.15, 0.2) is 82.6 Å². The molecule has 11 heteroatoms. The molecule has 0 spiro atoms. The summed E-state index contributed by atoms with van der Waals surface area (Å²) in [4.78, 5) is 14.3. The first-order valence-electron chi connectivity index (χ1n) is 11.3. The molecule has 1 aliphatic heterocycles. The van der Waals surface area contributed by atoms with Gasteiger partial charge in [0.15, 0.2) is 0 Å². The number of rotatable bonds is 7. The monoisotopic (exact) mass is 531 g/mol. The van der Waals surface area contributed by atoms with Gasteiger partial charge in [0.2, 0.25) is 20.0 Å². The van der Waals surface area contributed by atoms with E-state index in [4.69, 9.17) is 0 Å². The molecule has 3 aromatic rings. The minimum atomic E-state index is -4.04. The van der Waals surface area contributed by atoms with Crippen LogP contribution in [-0.2, 0) is 26.6 Å². The van der Waals surface area contributed by atoms with Gasteiger partial charge in [-0.15, -0.1) is 0 Å². The molecule has 1 N–H and O–H groups in total. The second-order valence-corrected chi connectivity index (χ2v) is 12.1. The topological polar surface area (TPSA) is 104 Å². The minimum absolute atomic E-state index is 0.00191. The number of hydrogen-bond donors (Lipinski definition) is 1. The standard InChI is InChI=1S/C25H26FN3O5S2/c1-19-11-12-21(35(31,32)27-18-20-7-3-2-4-8-20)17-22(19)25(30)28-13-15-29(16-14-28)36(33,34)24-10-6-5-9-23(24)26/h2-12,17,27H,13-16,18H2,1H3. The number of aryl methyl sites for hydroxylation is 1. The van der Waals surface area contributed by atoms with Crippen molar-refractivity contribution in [2.24, 2.45) is 0 Å². The van der Waals surface area contributed by atoms with Crippen molar-refractivity contribution in [2.45, 2.75) is 23.3 Å². The zero-order valence-corrected chi connectivity index (χ0v) is 21.2. The summed E-state index contributed by atoms with van der Waals surface area (Å²) >= 11 is 0. The van der Waals surface area contributed by atoms with Crippen LogP contribution in [0.5, 0.6) is 0 Å². The van der Waals surface area contributed by atoms with E-state index in [2.05, 4.69) is 4.72 Å². The lowest BCUT2D eigenvalue weighted by Gasteiger charge is -2.34. The van der Waals surface area contributed by atoms with Gasteiger partial charge in [-0.3, -0.25) is 4.79 Å². The van der Waals surface area contributed by atoms with Crippen molar-refractivity contribution in [3.05, 3.63) is 95.3 Å². The summed E-state index contributed by atoms with van der Waals surface area (Å²) in [5.74, 6) is -1.22. The maximum absolute atomic E-state index is 14.1. The van der Waals surface area contributed by atoms with E-state index >= 15 is 0 Å². The molecule has 1 amide bonds. The third-order valence-electron chi connectivity index (χ3n) is 6.04. The van der Waals surface area contributed by atoms with Crippen molar-refractivity contribution in [1.82, 2.24) is 13.9 Å². The van der Waals surface area contributed by atoms with E-state index in [1.807, 2.05) is 18.2 Å². The lowest BCUT2D eigenvalue weighted by Crippen LogP contribution is -2.50. The summed E-state index contributed by atoms with van der Waals surface area (Å²) in [6.45, 7) is 2.00. The molecular weight excluding hydrogens is 505 g/mol. The summed E-state index contributed by atoms with van der Waals surface area (Å²) in [6, 6.07) is 18.6. The van der Waals surface area contributed by atoms with Gasteiger partial charge < -0.3 is 4.90 Å². The Morgan fingerprint density at radius 2 is 1.53 bits per heavy atom. The number of nitrogens with zero attached hydrogens (tertiary/aromatic N) is 2. The van der Waals surface area contributed by atoms with E-state index in [1.54, 1.807) is 25.1 Å². The molecule has 0 saturated carbocycles. The molecular formula is C25H26FN3O5S2. The molecule has 0 radical (unpaired) electrons. The fourth-order valence-corrected chi connectivity index (χ4v) is 6.48. The molecule has 4 rings (SSSR count). The summed E-state index contributed by atoms with van der Waals surface area (Å²) in [5.41, 5.74) is 1.62. The summed E-state index contributed by atoms with van der Waals surface area (Å²) in [5, 5.41) is 0. The number of amides is 1. The molecule has 0 unspecified atom stereocenters. The third-order valence-corrected chi connectivity index (χ3v) is 9.37. The fraction of sp³-hybridized carbons (Fsp3) is 0.240. The normalized spacial score (nSPS) is 15.1. The van der Waals surface area contributed by atoms with Crippen LogP contribution in [0.25, 0.3) is 0 Å². The van der Waals surface area contributed by atoms with Crippen molar-refractivity contribution in [1.29, 1.82) is 0 Å². The quantitative estimate of drug-likeness (QED) is 0.505. The molecule has 8 nitrogen and oxygen atoms in total. The van der Waals surface area contributed by atoms with Crippen LogP contribution in [0.4, 0.5) is 4.39 Å². The van der Waals surface area contributed by atoms with E-state index in [0.29, 0.717) is 5.56 Å². The van der Waals surface area contributed by atoms with Crippen molar-refractivity contribution < 1.29 is 26.0 Å². The summed E-state index contributed by atoms with van der Waals surface area (Å²) in [7, 11) is -7.91. The Labute approximate surface area is 210 Å². The molecule has 36 heavy (non-hydrogen) atoms. The highest BCUT2D eigenvalue weighted by Crippen LogP contribution is 2.22. The van der Waals surface area contributed by atoms with Gasteiger partial charge in [0, 0.05) is 38.3 Å². The van der Waals surface area contributed by atoms with Gasteiger partial charge in [-0.05, 0) is 42.3 Å². The second kappa shape index (κ2) is 10.5. The predicted molar refractivity (Wildman–Crippen MR) is 133 cm³/mol. The largest absolute Gasteiger partial charge is 0.336 e. The maximum atomic E-state index is 14.1. The molecule has 0 bridgehead atoms. The minimum Gasteiger partial charge on any atom is -0.336 e. The van der Waals surface area contributed by atoms with Crippen molar-refractivity contribution in [2.75, 3.05) is 26.2 Å². The number of nitrogens with one attached hydrogen (secondary N) is 1. The Morgan fingerprint density at radius 1 is 0.889 bits per heavy atom. The van der Waals surface area contributed by atoms with Crippen LogP contribution in [0.2, 0.25) is 0 Å². The summed E-state index contributed by atoms with van der Waals surface area (Å²) < 4.78 is 69.1. The highest BCUT2D eigenvalue weighted by molar-refractivity contribution is 7.89. The van der Waals surface area contributed by atoms with Gasteiger partial charge in [0.05, 0.1) is 4.90 Å². The highest BCUT2D eigenvalue weighted by atomic mass is 32.2. The maximum Gasteiger partial charge on any atom is 0.254 e. The fourth-order valence-electron chi connectivity index (χ4n) is 3.95. The van der Waals surface area contributed by atoms with Crippen LogP contribution in [-0.4, -0.2) is 58.1 Å². The Bertz CT molecular complexity index is 1470. The van der Waals surface area contributed by atoms with Gasteiger partial charge in [0.1, 0.15) is 10.7 Å². The van der Waals surface area contributed by atoms with Crippen molar-refractivity contribution in [3.63, 3.8) is 0 Å². The molecule has 1 saturated heterocycles. The molecule has 1 aliphatic rings. The molecule has 0 atom stereocenters. The molecule has 0 aliphatic carbocycles. The number of carbonyl (C=O) groups excluding carboxylic acids is 1. The number of benzene rings is 3. The number of piperazine rings is 1. The van der Waals surface area contributed by atoms with Crippen LogP contribution < -0.4 is 4.72 Å². The second-order valence-electron chi connectivity index (χ2n) is 8.41. The zero-order valence-electron chi connectivity index (χ0n) is 19.6. The van der Waals surface area contributed by atoms with Gasteiger partial charge in [-0.25, -0.2) is 25.9 Å². The van der Waals surface area contributed by atoms with E-state index in [9.17, 15) is 26.0 Å². The van der Waals surface area contributed by atoms with Crippen molar-refractivity contribution in [3.8, 4) is 0 Å². The Morgan fingerprint density at radius 3 is 2.19 bits per heavy atom. The van der Waals surface area contributed by atoms with Gasteiger partial charge in [0.25, 0.3) is 5.91 Å². The Kier molecular flexibility index (Phi) is 7.55. The van der Waals surface area contributed by atoms with Gasteiger partial charge in [-0.1, -0.05) is 48.5 Å². The smallest absolute Gasteiger partial charge is 0.254 e. The van der Waals surface area contributed by atoms with E-state index in [0.717, 1.165) is 15.9 Å². The van der Waals surface area contributed by atoms with Gasteiger partial charge in [-0.2, -0.15) is 4.31 Å². The number of hydrogen-bond acceptors (Lipinski definition) is 5. The first kappa shape index (κ1) is 26.0. The molecule has 190 valence electrons. The van der Waals surface area contributed by atoms with Crippen LogP contribution in [0, 0.1) is 12.7 Å². The van der Waals surface area contributed by atoms with Crippen LogP contribution in [0.1, 0.15) is 21.5 Å². The predicted octanol–water partition coefficient (Wildman–Crippen LogP) is 2.76. The number of sulfonamides is 2. The third kappa shape index (κ3) is 5.49. The number of carbonyl (C=O) groups is 1. The van der Waals surface area contributed by atoms with Crippen LogP contribution >= 0.6 is 0 Å². The zero-order chi connectivity index (χ0) is 25.9. The summed E-state index contributed by atoms with van der Waals surface area (Å²) in [6.07, 6.45) is 0. The number of halogens is 1. The van der Waals surface area contributed by atoms with Crippen molar-refractivity contribution >= 4 is 26.0 Å². The lowest BCUT2D eigenvalue weighted by molar-refractivity contribution is 0.0696. The Balaban J connectivity index is 1.47. The molecule has 1 fully saturated rings. The molecule has 1 heterocycles. The molecule has 0 aromatic heterocycles. The van der Waals surface area contributed by atoms with Crippen LogP contribution in [0.3, 0.4) is 0 Å².